The number of cyclic esters (lactones) is 1. The quantitative estimate of drug-likeness (QED) is 0.660. The molecule has 0 saturated carbocycles. The molecule has 1 fully saturated rings. The van der Waals surface area contributed by atoms with Crippen molar-refractivity contribution in [3.8, 4) is 0 Å². The van der Waals surface area contributed by atoms with Crippen molar-refractivity contribution in [1.29, 1.82) is 0 Å². The Morgan fingerprint density at radius 3 is 2.54 bits per heavy atom. The van der Waals surface area contributed by atoms with Crippen molar-refractivity contribution in [1.82, 2.24) is 0 Å². The van der Waals surface area contributed by atoms with E-state index in [1.54, 1.807) is 0 Å². The van der Waals surface area contributed by atoms with Crippen LogP contribution in [0, 0.1) is 6.92 Å². The maximum Gasteiger partial charge on any atom is 0.441 e. The van der Waals surface area contributed by atoms with Crippen LogP contribution in [0.5, 0.6) is 0 Å². The van der Waals surface area contributed by atoms with E-state index >= 15 is 0 Å². The molecule has 0 bridgehead atoms. The fraction of sp³-hybridized carbons (Fsp3) is 0.222. The van der Waals surface area contributed by atoms with E-state index in [0.717, 1.165) is 10.6 Å². The van der Waals surface area contributed by atoms with Crippen molar-refractivity contribution in [3.05, 3.63) is 29.8 Å². The maximum atomic E-state index is 11.0. The van der Waals surface area contributed by atoms with Gasteiger partial charge in [-0.2, -0.15) is 0 Å². The van der Waals surface area contributed by atoms with Crippen LogP contribution in [0.2, 0.25) is 0 Å². The van der Waals surface area contributed by atoms with Crippen LogP contribution in [-0.4, -0.2) is 12.9 Å². The van der Waals surface area contributed by atoms with Crippen LogP contribution in [0.1, 0.15) is 5.56 Å². The largest absolute Gasteiger partial charge is 0.441 e. The number of anilines is 1. The molecule has 0 atom stereocenters. The third-order valence-electron chi connectivity index (χ3n) is 1.80. The minimum absolute atomic E-state index is 0.00723. The summed E-state index contributed by atoms with van der Waals surface area (Å²) in [4.78, 5) is 16.0. The van der Waals surface area contributed by atoms with Crippen molar-refractivity contribution in [2.75, 3.05) is 11.9 Å². The Kier molecular flexibility index (Phi) is 1.90. The number of benzene rings is 1. The van der Waals surface area contributed by atoms with Crippen molar-refractivity contribution in [2.45, 2.75) is 6.92 Å². The van der Waals surface area contributed by atoms with Gasteiger partial charge >= 0.3 is 6.09 Å². The van der Waals surface area contributed by atoms with E-state index in [1.165, 1.54) is 0 Å². The zero-order valence-corrected chi connectivity index (χ0v) is 7.19. The Morgan fingerprint density at radius 2 is 2.00 bits per heavy atom. The monoisotopic (exact) mass is 179 g/mol. The minimum Gasteiger partial charge on any atom is -0.418 e. The zero-order valence-electron chi connectivity index (χ0n) is 7.19. The fourth-order valence-electron chi connectivity index (χ4n) is 1.10. The first kappa shape index (κ1) is 8.07. The molecule has 0 aromatic heterocycles. The highest BCUT2D eigenvalue weighted by Gasteiger charge is 2.24. The summed E-state index contributed by atoms with van der Waals surface area (Å²) < 4.78 is 4.61. The van der Waals surface area contributed by atoms with E-state index in [-0.39, 0.29) is 6.79 Å². The molecule has 1 aromatic carbocycles. The lowest BCUT2D eigenvalue weighted by Gasteiger charge is -2.09. The van der Waals surface area contributed by atoms with Gasteiger partial charge in [-0.15, -0.1) is 5.06 Å². The number of ether oxygens (including phenoxy) is 1. The second-order valence-electron chi connectivity index (χ2n) is 2.79. The molecule has 1 heterocycles. The molecular formula is C9H9NO3. The van der Waals surface area contributed by atoms with E-state index < -0.39 is 6.09 Å². The van der Waals surface area contributed by atoms with Crippen molar-refractivity contribution < 1.29 is 14.4 Å². The number of amides is 1. The number of hydrogen-bond acceptors (Lipinski definition) is 3. The van der Waals surface area contributed by atoms with Gasteiger partial charge in [-0.1, -0.05) is 17.7 Å². The van der Waals surface area contributed by atoms with Gasteiger partial charge in [0.05, 0.1) is 5.69 Å². The lowest BCUT2D eigenvalue weighted by atomic mass is 10.2. The third kappa shape index (κ3) is 1.48. The van der Waals surface area contributed by atoms with Crippen LogP contribution in [0.15, 0.2) is 24.3 Å². The van der Waals surface area contributed by atoms with Gasteiger partial charge in [0.25, 0.3) is 0 Å². The molecule has 1 aliphatic rings. The van der Waals surface area contributed by atoms with Crippen molar-refractivity contribution in [3.63, 3.8) is 0 Å². The van der Waals surface area contributed by atoms with Crippen LogP contribution >= 0.6 is 0 Å². The summed E-state index contributed by atoms with van der Waals surface area (Å²) in [6, 6.07) is 7.43. The zero-order chi connectivity index (χ0) is 9.26. The number of hydrogen-bond donors (Lipinski definition) is 0. The lowest BCUT2D eigenvalue weighted by Crippen LogP contribution is -2.21. The Bertz CT molecular complexity index is 320. The molecule has 0 unspecified atom stereocenters. The molecule has 1 aliphatic heterocycles. The lowest BCUT2D eigenvalue weighted by molar-refractivity contribution is 0.0704. The standard InChI is InChI=1S/C9H9NO3/c1-7-2-4-8(5-3-7)10-9(11)12-6-13-10/h2-5H,6H2,1H3. The summed E-state index contributed by atoms with van der Waals surface area (Å²) in [5.74, 6) is 0. The van der Waals surface area contributed by atoms with Crippen LogP contribution < -0.4 is 5.06 Å². The average molecular weight is 179 g/mol. The van der Waals surface area contributed by atoms with Gasteiger partial charge in [-0.25, -0.2) is 9.63 Å². The van der Waals surface area contributed by atoms with E-state index in [0.29, 0.717) is 5.69 Å². The molecule has 2 rings (SSSR count). The number of aryl methyl sites for hydroxylation is 1. The normalized spacial score (nSPS) is 16.1. The van der Waals surface area contributed by atoms with E-state index in [9.17, 15) is 4.79 Å². The summed E-state index contributed by atoms with van der Waals surface area (Å²) in [6.45, 7) is 1.97. The predicted octanol–water partition coefficient (Wildman–Crippen LogP) is 1.84. The smallest absolute Gasteiger partial charge is 0.418 e. The van der Waals surface area contributed by atoms with E-state index in [1.807, 2.05) is 31.2 Å². The molecule has 13 heavy (non-hydrogen) atoms. The fourth-order valence-corrected chi connectivity index (χ4v) is 1.10. The Labute approximate surface area is 75.6 Å². The summed E-state index contributed by atoms with van der Waals surface area (Å²) >= 11 is 0. The highest BCUT2D eigenvalue weighted by Crippen LogP contribution is 2.19. The SMILES string of the molecule is Cc1ccc(N2OCOC2=O)cc1. The second-order valence-corrected chi connectivity index (χ2v) is 2.79. The molecule has 1 saturated heterocycles. The van der Waals surface area contributed by atoms with Crippen molar-refractivity contribution in [2.24, 2.45) is 0 Å². The first-order valence-corrected chi connectivity index (χ1v) is 3.94. The van der Waals surface area contributed by atoms with E-state index in [4.69, 9.17) is 4.84 Å². The molecule has 4 nitrogen and oxygen atoms in total. The molecule has 1 amide bonds. The van der Waals surface area contributed by atoms with Gasteiger partial charge in [0.2, 0.25) is 6.79 Å². The summed E-state index contributed by atoms with van der Waals surface area (Å²) in [6.07, 6.45) is -0.469. The number of rotatable bonds is 1. The third-order valence-corrected chi connectivity index (χ3v) is 1.80. The van der Waals surface area contributed by atoms with Crippen LogP contribution in [0.3, 0.4) is 0 Å². The second kappa shape index (κ2) is 3.06. The van der Waals surface area contributed by atoms with E-state index in [2.05, 4.69) is 4.74 Å². The Morgan fingerprint density at radius 1 is 1.31 bits per heavy atom. The van der Waals surface area contributed by atoms with Gasteiger partial charge in [-0.05, 0) is 19.1 Å². The van der Waals surface area contributed by atoms with Gasteiger partial charge in [0, 0.05) is 0 Å². The number of nitrogens with zero attached hydrogens (tertiary/aromatic N) is 1. The summed E-state index contributed by atoms with van der Waals surface area (Å²) in [5.41, 5.74) is 1.82. The highest BCUT2D eigenvalue weighted by molar-refractivity contribution is 5.86. The summed E-state index contributed by atoms with van der Waals surface area (Å²) in [7, 11) is 0. The summed E-state index contributed by atoms with van der Waals surface area (Å²) in [5, 5.41) is 1.14. The number of carbonyl (C=O) groups is 1. The molecular weight excluding hydrogens is 170 g/mol. The van der Waals surface area contributed by atoms with Crippen LogP contribution in [0.25, 0.3) is 0 Å². The van der Waals surface area contributed by atoms with Crippen LogP contribution in [0.4, 0.5) is 10.5 Å². The first-order chi connectivity index (χ1) is 6.27. The van der Waals surface area contributed by atoms with Crippen LogP contribution in [-0.2, 0) is 9.57 Å². The van der Waals surface area contributed by atoms with Crippen molar-refractivity contribution >= 4 is 11.8 Å². The van der Waals surface area contributed by atoms with Gasteiger partial charge < -0.3 is 4.74 Å². The molecule has 0 N–H and O–H groups in total. The minimum atomic E-state index is -0.469. The molecule has 1 aromatic rings. The maximum absolute atomic E-state index is 11.0. The molecule has 0 spiro atoms. The Balaban J connectivity index is 2.25. The number of carbonyl (C=O) groups excluding carboxylic acids is 1. The molecule has 0 aliphatic carbocycles. The predicted molar refractivity (Wildman–Crippen MR) is 46.1 cm³/mol. The highest BCUT2D eigenvalue weighted by atomic mass is 16.9. The van der Waals surface area contributed by atoms with Gasteiger partial charge in [-0.3, -0.25) is 0 Å². The molecule has 68 valence electrons. The first-order valence-electron chi connectivity index (χ1n) is 3.94. The van der Waals surface area contributed by atoms with Gasteiger partial charge in [0.15, 0.2) is 0 Å². The average Bonchev–Trinajstić information content (AvgIpc) is 2.53. The number of hydroxylamine groups is 1. The molecule has 4 heteroatoms. The van der Waals surface area contributed by atoms with Gasteiger partial charge in [0.1, 0.15) is 0 Å². The topological polar surface area (TPSA) is 38.8 Å². The molecule has 0 radical (unpaired) electrons. The Hall–Kier alpha value is -1.55.